The average Bonchev–Trinajstić information content (AvgIpc) is 3.22. The van der Waals surface area contributed by atoms with E-state index in [2.05, 4.69) is 15.5 Å². The van der Waals surface area contributed by atoms with Gasteiger partial charge in [0, 0.05) is 5.56 Å². The van der Waals surface area contributed by atoms with Crippen LogP contribution in [0.4, 0.5) is 5.69 Å². The lowest BCUT2D eigenvalue weighted by Crippen LogP contribution is -2.43. The number of aromatic nitrogens is 4. The lowest BCUT2D eigenvalue weighted by molar-refractivity contribution is 0.0954. The van der Waals surface area contributed by atoms with Crippen molar-refractivity contribution in [1.29, 1.82) is 0 Å². The molecule has 0 saturated heterocycles. The van der Waals surface area contributed by atoms with Gasteiger partial charge in [-0.2, -0.15) is 0 Å². The van der Waals surface area contributed by atoms with Crippen LogP contribution in [0.15, 0.2) is 48.8 Å². The van der Waals surface area contributed by atoms with E-state index in [1.807, 2.05) is 25.1 Å². The molecule has 7 nitrogen and oxygen atoms in total. The summed E-state index contributed by atoms with van der Waals surface area (Å²) in [4.78, 5) is 14.9. The highest BCUT2D eigenvalue weighted by molar-refractivity contribution is 6.32. The van der Waals surface area contributed by atoms with Gasteiger partial charge in [-0.05, 0) is 47.2 Å². The minimum absolute atomic E-state index is 0.103. The van der Waals surface area contributed by atoms with E-state index in [1.165, 1.54) is 11.0 Å². The number of hydrogen-bond acceptors (Lipinski definition) is 5. The van der Waals surface area contributed by atoms with Crippen molar-refractivity contribution < 1.29 is 9.53 Å². The molecule has 1 aromatic heterocycles. The number of carbonyl (C=O) groups excluding carboxylic acids is 1. The first-order valence-electron chi connectivity index (χ1n) is 8.28. The van der Waals surface area contributed by atoms with Crippen molar-refractivity contribution in [3.05, 3.63) is 59.4 Å². The summed E-state index contributed by atoms with van der Waals surface area (Å²) in [6.07, 6.45) is 2.16. The van der Waals surface area contributed by atoms with Crippen molar-refractivity contribution in [2.24, 2.45) is 0 Å². The summed E-state index contributed by atoms with van der Waals surface area (Å²) in [6.45, 7) is 2.49. The van der Waals surface area contributed by atoms with Crippen LogP contribution in [0.25, 0.3) is 5.69 Å². The molecule has 1 aliphatic heterocycles. The predicted molar refractivity (Wildman–Crippen MR) is 97.0 cm³/mol. The second-order valence-electron chi connectivity index (χ2n) is 5.96. The molecule has 26 heavy (non-hydrogen) atoms. The van der Waals surface area contributed by atoms with Gasteiger partial charge in [-0.25, -0.2) is 4.68 Å². The van der Waals surface area contributed by atoms with Gasteiger partial charge in [0.15, 0.2) is 5.75 Å². The van der Waals surface area contributed by atoms with Gasteiger partial charge < -0.3 is 9.64 Å². The quantitative estimate of drug-likeness (QED) is 0.709. The number of fused-ring (bicyclic) bond motifs is 1. The maximum Gasteiger partial charge on any atom is 0.258 e. The molecule has 0 saturated carbocycles. The van der Waals surface area contributed by atoms with Gasteiger partial charge >= 0.3 is 0 Å². The highest BCUT2D eigenvalue weighted by Gasteiger charge is 2.31. The second-order valence-corrected chi connectivity index (χ2v) is 6.36. The monoisotopic (exact) mass is 369 g/mol. The van der Waals surface area contributed by atoms with Gasteiger partial charge in [-0.15, -0.1) is 5.10 Å². The first-order valence-corrected chi connectivity index (χ1v) is 8.65. The van der Waals surface area contributed by atoms with Crippen LogP contribution in [0.1, 0.15) is 23.7 Å². The van der Waals surface area contributed by atoms with E-state index in [-0.39, 0.29) is 12.0 Å². The minimum atomic E-state index is -0.120. The van der Waals surface area contributed by atoms with Crippen molar-refractivity contribution in [3.8, 4) is 11.4 Å². The molecule has 0 fully saturated rings. The summed E-state index contributed by atoms with van der Waals surface area (Å²) in [5.74, 6) is 0.433. The topological polar surface area (TPSA) is 73.1 Å². The zero-order valence-corrected chi connectivity index (χ0v) is 14.8. The number of halogens is 1. The number of amides is 1. The number of rotatable bonds is 3. The Hall–Kier alpha value is -2.93. The van der Waals surface area contributed by atoms with Crippen molar-refractivity contribution in [1.82, 2.24) is 20.2 Å². The number of tetrazole rings is 1. The van der Waals surface area contributed by atoms with Crippen LogP contribution in [0.5, 0.6) is 5.75 Å². The molecule has 3 aromatic rings. The largest absolute Gasteiger partial charge is 0.485 e. The fourth-order valence-electron chi connectivity index (χ4n) is 2.95. The summed E-state index contributed by atoms with van der Waals surface area (Å²) in [7, 11) is 0. The van der Waals surface area contributed by atoms with E-state index in [4.69, 9.17) is 16.3 Å². The summed E-state index contributed by atoms with van der Waals surface area (Å²) in [6, 6.07) is 12.6. The molecule has 1 aliphatic rings. The highest BCUT2D eigenvalue weighted by atomic mass is 35.5. The summed E-state index contributed by atoms with van der Waals surface area (Å²) in [5.41, 5.74) is 1.94. The molecule has 2 heterocycles. The molecule has 1 amide bonds. The first kappa shape index (κ1) is 16.5. The minimum Gasteiger partial charge on any atom is -0.485 e. The lowest BCUT2D eigenvalue weighted by Gasteiger charge is -2.35. The van der Waals surface area contributed by atoms with E-state index in [0.29, 0.717) is 34.3 Å². The van der Waals surface area contributed by atoms with Crippen LogP contribution in [0.2, 0.25) is 5.02 Å². The molecule has 8 heteroatoms. The fraction of sp³-hybridized carbons (Fsp3) is 0.222. The fourth-order valence-corrected chi connectivity index (χ4v) is 3.17. The lowest BCUT2D eigenvalue weighted by atomic mass is 10.1. The van der Waals surface area contributed by atoms with Crippen LogP contribution < -0.4 is 9.64 Å². The van der Waals surface area contributed by atoms with Crippen molar-refractivity contribution in [2.45, 2.75) is 19.4 Å². The van der Waals surface area contributed by atoms with Gasteiger partial charge in [0.25, 0.3) is 5.91 Å². The van der Waals surface area contributed by atoms with E-state index in [0.717, 1.165) is 6.42 Å². The van der Waals surface area contributed by atoms with Crippen molar-refractivity contribution in [2.75, 3.05) is 11.4 Å². The second kappa shape index (κ2) is 6.76. The molecule has 0 spiro atoms. The molecular formula is C18H16ClN5O2. The Balaban J connectivity index is 1.73. The van der Waals surface area contributed by atoms with Gasteiger partial charge in [0.2, 0.25) is 0 Å². The van der Waals surface area contributed by atoms with Crippen molar-refractivity contribution in [3.63, 3.8) is 0 Å². The molecular weight excluding hydrogens is 354 g/mol. The molecule has 0 radical (unpaired) electrons. The average molecular weight is 370 g/mol. The Morgan fingerprint density at radius 2 is 2.15 bits per heavy atom. The smallest absolute Gasteiger partial charge is 0.258 e. The Labute approximate surface area is 155 Å². The first-order chi connectivity index (χ1) is 12.7. The van der Waals surface area contributed by atoms with Gasteiger partial charge in [0.1, 0.15) is 12.4 Å². The number of carbonyl (C=O) groups is 1. The highest BCUT2D eigenvalue weighted by Crippen LogP contribution is 2.40. The molecule has 132 valence electrons. The van der Waals surface area contributed by atoms with E-state index < -0.39 is 0 Å². The van der Waals surface area contributed by atoms with Gasteiger partial charge in [-0.1, -0.05) is 30.7 Å². The third-order valence-corrected chi connectivity index (χ3v) is 4.61. The standard InChI is InChI=1S/C18H16ClN5O2/c1-2-14-10-23(16-8-4-7-15(19)17(16)26-14)18(25)12-5-3-6-13(9-12)24-11-20-21-22-24/h3-9,11,14H,2,10H2,1H3. The zero-order chi connectivity index (χ0) is 18.1. The summed E-state index contributed by atoms with van der Waals surface area (Å²) < 4.78 is 7.46. The molecule has 0 bridgehead atoms. The number of anilines is 1. The molecule has 4 rings (SSSR count). The van der Waals surface area contributed by atoms with Crippen LogP contribution in [-0.2, 0) is 0 Å². The number of para-hydroxylation sites is 1. The van der Waals surface area contributed by atoms with E-state index >= 15 is 0 Å². The number of ether oxygens (including phenoxy) is 1. The van der Waals surface area contributed by atoms with Crippen molar-refractivity contribution >= 4 is 23.2 Å². The number of benzene rings is 2. The third-order valence-electron chi connectivity index (χ3n) is 4.31. The predicted octanol–water partition coefficient (Wildman–Crippen LogP) is 3.13. The maximum atomic E-state index is 13.2. The SMILES string of the molecule is CCC1CN(C(=O)c2cccc(-n3cnnn3)c2)c2cccc(Cl)c2O1. The van der Waals surface area contributed by atoms with Crippen LogP contribution in [-0.4, -0.2) is 38.8 Å². The number of nitrogens with zero attached hydrogens (tertiary/aromatic N) is 5. The van der Waals surface area contributed by atoms with Crippen LogP contribution in [0, 0.1) is 0 Å². The number of hydrogen-bond donors (Lipinski definition) is 0. The van der Waals surface area contributed by atoms with Crippen LogP contribution in [0.3, 0.4) is 0 Å². The Morgan fingerprint density at radius 3 is 2.92 bits per heavy atom. The Morgan fingerprint density at radius 1 is 1.31 bits per heavy atom. The molecule has 1 unspecified atom stereocenters. The summed E-state index contributed by atoms with van der Waals surface area (Å²) >= 11 is 6.28. The van der Waals surface area contributed by atoms with E-state index in [1.54, 1.807) is 29.2 Å². The van der Waals surface area contributed by atoms with E-state index in [9.17, 15) is 4.79 Å². The Kier molecular flexibility index (Phi) is 4.30. The Bertz CT molecular complexity index is 945. The summed E-state index contributed by atoms with van der Waals surface area (Å²) in [5, 5.41) is 11.6. The molecule has 0 N–H and O–H groups in total. The van der Waals surface area contributed by atoms with Crippen LogP contribution >= 0.6 is 11.6 Å². The normalized spacial score (nSPS) is 16.1. The van der Waals surface area contributed by atoms with Gasteiger partial charge in [0.05, 0.1) is 22.9 Å². The third kappa shape index (κ3) is 2.90. The van der Waals surface area contributed by atoms with Gasteiger partial charge in [-0.3, -0.25) is 4.79 Å². The molecule has 2 aromatic carbocycles. The zero-order valence-electron chi connectivity index (χ0n) is 14.0. The molecule has 0 aliphatic carbocycles. The maximum absolute atomic E-state index is 13.2. The molecule has 1 atom stereocenters.